The van der Waals surface area contributed by atoms with Crippen LogP contribution in [0.5, 0.6) is 23.0 Å². The smallest absolute Gasteiger partial charge is 0.306 e. The van der Waals surface area contributed by atoms with E-state index in [1.165, 1.54) is 29.9 Å². The van der Waals surface area contributed by atoms with Crippen molar-refractivity contribution < 1.29 is 29.6 Å². The summed E-state index contributed by atoms with van der Waals surface area (Å²) < 4.78 is 12.2. The second-order valence-corrected chi connectivity index (χ2v) is 9.13. The molecule has 0 aliphatic carbocycles. The fraction of sp³-hybridized carbons (Fsp3) is 0.233. The second kappa shape index (κ2) is 12.2. The van der Waals surface area contributed by atoms with Crippen LogP contribution in [-0.4, -0.2) is 37.9 Å². The Kier molecular flexibility index (Phi) is 8.50. The molecule has 2 aromatic heterocycles. The number of rotatable bonds is 10. The average molecular weight is 531 g/mol. The van der Waals surface area contributed by atoms with Crippen molar-refractivity contribution in [3.05, 3.63) is 111 Å². The van der Waals surface area contributed by atoms with Gasteiger partial charge in [0.05, 0.1) is 24.8 Å². The quantitative estimate of drug-likeness (QED) is 0.206. The van der Waals surface area contributed by atoms with Crippen LogP contribution in [0.1, 0.15) is 40.4 Å². The van der Waals surface area contributed by atoms with E-state index in [0.717, 1.165) is 11.3 Å². The maximum atomic E-state index is 13.7. The first-order chi connectivity index (χ1) is 18.8. The summed E-state index contributed by atoms with van der Waals surface area (Å²) in [5.74, 6) is -1.38. The SMILES string of the molecule is COC(=O)CC(c1ccc(OCc2ccccn2)cc1)c1c(O)cc(C)n(CCc2ccc(O)c(O)c2)c1=O. The summed E-state index contributed by atoms with van der Waals surface area (Å²) >= 11 is 0. The molecule has 0 fully saturated rings. The van der Waals surface area contributed by atoms with Gasteiger partial charge in [-0.25, -0.2) is 0 Å². The molecular formula is C30H30N2O7. The van der Waals surface area contributed by atoms with Gasteiger partial charge in [0.15, 0.2) is 11.5 Å². The summed E-state index contributed by atoms with van der Waals surface area (Å²) in [4.78, 5) is 30.3. The highest BCUT2D eigenvalue weighted by molar-refractivity contribution is 5.71. The van der Waals surface area contributed by atoms with E-state index >= 15 is 0 Å². The lowest BCUT2D eigenvalue weighted by Crippen LogP contribution is -2.29. The lowest BCUT2D eigenvalue weighted by Gasteiger charge is -2.21. The molecule has 39 heavy (non-hydrogen) atoms. The Hall–Kier alpha value is -4.79. The van der Waals surface area contributed by atoms with Gasteiger partial charge in [0.25, 0.3) is 5.56 Å². The van der Waals surface area contributed by atoms with E-state index in [2.05, 4.69) is 4.98 Å². The first-order valence-corrected chi connectivity index (χ1v) is 12.4. The molecule has 0 aliphatic rings. The number of carbonyl (C=O) groups is 1. The first-order valence-electron chi connectivity index (χ1n) is 12.4. The van der Waals surface area contributed by atoms with E-state index in [1.807, 2.05) is 18.2 Å². The van der Waals surface area contributed by atoms with E-state index in [-0.39, 0.29) is 42.4 Å². The summed E-state index contributed by atoms with van der Waals surface area (Å²) in [6.45, 7) is 2.25. The molecule has 1 unspecified atom stereocenters. The molecule has 0 spiro atoms. The number of carbonyl (C=O) groups excluding carboxylic acids is 1. The van der Waals surface area contributed by atoms with E-state index in [9.17, 15) is 24.9 Å². The highest BCUT2D eigenvalue weighted by Gasteiger charge is 2.26. The standard InChI is InChI=1S/C30H30N2O7/c1-19-15-27(35)29(30(37)32(19)14-12-20-6-11-25(33)26(34)16-20)24(17-28(36)38-2)21-7-9-23(10-8-21)39-18-22-5-3-4-13-31-22/h3-11,13,15-16,24,33-35H,12,14,17-18H2,1-2H3. The number of ether oxygens (including phenoxy) is 2. The van der Waals surface area contributed by atoms with Gasteiger partial charge in [-0.3, -0.25) is 14.6 Å². The molecule has 2 aromatic carbocycles. The molecule has 202 valence electrons. The Morgan fingerprint density at radius 1 is 0.974 bits per heavy atom. The van der Waals surface area contributed by atoms with Crippen molar-refractivity contribution in [2.45, 2.75) is 38.8 Å². The van der Waals surface area contributed by atoms with E-state index in [1.54, 1.807) is 43.5 Å². The highest BCUT2D eigenvalue weighted by atomic mass is 16.5. The van der Waals surface area contributed by atoms with E-state index in [0.29, 0.717) is 23.4 Å². The number of aryl methyl sites for hydroxylation is 2. The molecule has 9 heteroatoms. The number of phenols is 2. The zero-order valence-corrected chi connectivity index (χ0v) is 21.7. The predicted octanol–water partition coefficient (Wildman–Crippen LogP) is 4.19. The van der Waals surface area contributed by atoms with Crippen LogP contribution >= 0.6 is 0 Å². The monoisotopic (exact) mass is 530 g/mol. The topological polar surface area (TPSA) is 131 Å². The number of aromatic hydroxyl groups is 3. The zero-order chi connectivity index (χ0) is 27.9. The number of methoxy groups -OCH3 is 1. The van der Waals surface area contributed by atoms with Crippen molar-refractivity contribution in [1.82, 2.24) is 9.55 Å². The maximum absolute atomic E-state index is 13.7. The number of pyridine rings is 2. The van der Waals surface area contributed by atoms with Crippen molar-refractivity contribution >= 4 is 5.97 Å². The molecule has 0 aliphatic heterocycles. The van der Waals surface area contributed by atoms with Gasteiger partial charge in [0.2, 0.25) is 0 Å². The summed E-state index contributed by atoms with van der Waals surface area (Å²) in [5, 5.41) is 30.2. The number of esters is 1. The minimum atomic E-state index is -0.764. The number of aromatic nitrogens is 2. The van der Waals surface area contributed by atoms with Gasteiger partial charge in [0.1, 0.15) is 18.1 Å². The molecule has 1 atom stereocenters. The molecule has 0 saturated carbocycles. The van der Waals surface area contributed by atoms with Gasteiger partial charge in [-0.05, 0) is 66.9 Å². The fourth-order valence-corrected chi connectivity index (χ4v) is 4.41. The third kappa shape index (κ3) is 6.56. The number of benzene rings is 2. The maximum Gasteiger partial charge on any atom is 0.306 e. The summed E-state index contributed by atoms with van der Waals surface area (Å²) in [7, 11) is 1.27. The fourth-order valence-electron chi connectivity index (χ4n) is 4.41. The molecule has 0 radical (unpaired) electrons. The van der Waals surface area contributed by atoms with Crippen molar-refractivity contribution in [2.24, 2.45) is 0 Å². The van der Waals surface area contributed by atoms with Gasteiger partial charge in [-0.2, -0.15) is 0 Å². The van der Waals surface area contributed by atoms with Gasteiger partial charge < -0.3 is 29.4 Å². The summed E-state index contributed by atoms with van der Waals surface area (Å²) in [6.07, 6.45) is 1.93. The van der Waals surface area contributed by atoms with Crippen molar-refractivity contribution in [3.63, 3.8) is 0 Å². The van der Waals surface area contributed by atoms with E-state index < -0.39 is 17.4 Å². The Morgan fingerprint density at radius 2 is 1.74 bits per heavy atom. The molecule has 0 saturated heterocycles. The van der Waals surface area contributed by atoms with Crippen LogP contribution in [0.4, 0.5) is 0 Å². The zero-order valence-electron chi connectivity index (χ0n) is 21.7. The van der Waals surface area contributed by atoms with Crippen LogP contribution in [-0.2, 0) is 29.1 Å². The number of hydrogen-bond donors (Lipinski definition) is 3. The minimum absolute atomic E-state index is 0.0849. The third-order valence-electron chi connectivity index (χ3n) is 6.53. The molecule has 2 heterocycles. The largest absolute Gasteiger partial charge is 0.507 e. The molecule has 9 nitrogen and oxygen atoms in total. The molecule has 4 rings (SSSR count). The van der Waals surface area contributed by atoms with Gasteiger partial charge in [0, 0.05) is 24.4 Å². The second-order valence-electron chi connectivity index (χ2n) is 9.13. The van der Waals surface area contributed by atoms with Crippen molar-refractivity contribution in [2.75, 3.05) is 7.11 Å². The minimum Gasteiger partial charge on any atom is -0.507 e. The number of nitrogens with zero attached hydrogens (tertiary/aromatic N) is 2. The average Bonchev–Trinajstić information content (AvgIpc) is 2.93. The number of hydrogen-bond acceptors (Lipinski definition) is 8. The van der Waals surface area contributed by atoms with Gasteiger partial charge in [-0.15, -0.1) is 0 Å². The Morgan fingerprint density at radius 3 is 2.41 bits per heavy atom. The number of phenolic OH excluding ortho intramolecular Hbond substituents is 2. The lowest BCUT2D eigenvalue weighted by atomic mass is 9.88. The van der Waals surface area contributed by atoms with Crippen LogP contribution in [0.15, 0.2) is 77.7 Å². The molecular weight excluding hydrogens is 500 g/mol. The van der Waals surface area contributed by atoms with E-state index in [4.69, 9.17) is 9.47 Å². The molecule has 4 aromatic rings. The Balaban J connectivity index is 1.63. The summed E-state index contributed by atoms with van der Waals surface area (Å²) in [6, 6.07) is 18.5. The van der Waals surface area contributed by atoms with Gasteiger partial charge >= 0.3 is 5.97 Å². The van der Waals surface area contributed by atoms with Crippen LogP contribution < -0.4 is 10.3 Å². The van der Waals surface area contributed by atoms with Crippen LogP contribution in [0.2, 0.25) is 0 Å². The van der Waals surface area contributed by atoms with Crippen molar-refractivity contribution in [1.29, 1.82) is 0 Å². The normalized spacial score (nSPS) is 11.6. The third-order valence-corrected chi connectivity index (χ3v) is 6.53. The van der Waals surface area contributed by atoms with Crippen LogP contribution in [0, 0.1) is 6.92 Å². The molecule has 0 amide bonds. The lowest BCUT2D eigenvalue weighted by molar-refractivity contribution is -0.140. The molecule has 0 bridgehead atoms. The highest BCUT2D eigenvalue weighted by Crippen LogP contribution is 2.33. The Labute approximate surface area is 225 Å². The summed E-state index contributed by atoms with van der Waals surface area (Å²) in [5.41, 5.74) is 2.33. The van der Waals surface area contributed by atoms with Crippen LogP contribution in [0.3, 0.4) is 0 Å². The predicted molar refractivity (Wildman–Crippen MR) is 144 cm³/mol. The molecule has 3 N–H and O–H groups in total. The Bertz CT molecular complexity index is 1500. The first kappa shape index (κ1) is 27.3. The van der Waals surface area contributed by atoms with Crippen molar-refractivity contribution in [3.8, 4) is 23.0 Å². The van der Waals surface area contributed by atoms with Crippen LogP contribution in [0.25, 0.3) is 0 Å². The van der Waals surface area contributed by atoms with Gasteiger partial charge in [-0.1, -0.05) is 24.3 Å².